The topological polar surface area (TPSA) is 67.2 Å². The lowest BCUT2D eigenvalue weighted by atomic mass is 9.85. The van der Waals surface area contributed by atoms with Crippen molar-refractivity contribution in [2.24, 2.45) is 0 Å². The molecule has 19 heavy (non-hydrogen) atoms. The van der Waals surface area contributed by atoms with Crippen molar-refractivity contribution < 1.29 is 9.32 Å². The number of carbonyl (C=O) groups is 1. The number of hydrogen-bond acceptors (Lipinski definition) is 4. The van der Waals surface area contributed by atoms with Gasteiger partial charge in [-0.15, -0.1) is 0 Å². The van der Waals surface area contributed by atoms with Crippen LogP contribution in [0.5, 0.6) is 0 Å². The third-order valence-corrected chi connectivity index (χ3v) is 4.61. The summed E-state index contributed by atoms with van der Waals surface area (Å²) in [4.78, 5) is 12.1. The van der Waals surface area contributed by atoms with Gasteiger partial charge in [0, 0.05) is 17.6 Å². The number of aromatic nitrogens is 1. The first-order valence-corrected chi connectivity index (χ1v) is 8.06. The molecule has 0 aliphatic rings. The van der Waals surface area contributed by atoms with Crippen molar-refractivity contribution in [3.8, 4) is 0 Å². The molecule has 0 radical (unpaired) electrons. The molecule has 1 rings (SSSR count). The average molecular weight is 379 g/mol. The molecular weight excluding hydrogens is 357 g/mol. The van der Waals surface area contributed by atoms with E-state index >= 15 is 0 Å². The van der Waals surface area contributed by atoms with Crippen molar-refractivity contribution in [2.75, 3.05) is 7.05 Å². The molecule has 1 amide bonds. The monoisotopic (exact) mass is 379 g/mol. The zero-order valence-electron chi connectivity index (χ0n) is 11.9. The van der Waals surface area contributed by atoms with Crippen molar-refractivity contribution in [3.63, 3.8) is 0 Å². The number of nitrogens with one attached hydrogen (secondary N) is 2. The number of hydrogen-bond donors (Lipinski definition) is 2. The predicted molar refractivity (Wildman–Crippen MR) is 83.5 cm³/mol. The molecule has 0 saturated carbocycles. The van der Waals surface area contributed by atoms with Crippen LogP contribution in [-0.4, -0.2) is 29.7 Å². The van der Waals surface area contributed by atoms with Crippen molar-refractivity contribution in [1.29, 1.82) is 0 Å². The Hall–Kier alpha value is -0.630. The normalized spacial score (nSPS) is 13.3. The Morgan fingerprint density at radius 2 is 2.16 bits per heavy atom. The molecule has 1 aromatic rings. The number of rotatable bonds is 7. The molecule has 0 aromatic carbocycles. The van der Waals surface area contributed by atoms with Crippen LogP contribution in [0.3, 0.4) is 0 Å². The molecule has 0 saturated heterocycles. The van der Waals surface area contributed by atoms with E-state index in [0.29, 0.717) is 15.9 Å². The fourth-order valence-electron chi connectivity index (χ4n) is 2.32. The van der Waals surface area contributed by atoms with E-state index in [1.165, 1.54) is 0 Å². The summed E-state index contributed by atoms with van der Waals surface area (Å²) >= 11 is 2.17. The minimum absolute atomic E-state index is 0.0137. The van der Waals surface area contributed by atoms with Gasteiger partial charge in [-0.2, -0.15) is 0 Å². The molecule has 108 valence electrons. The van der Waals surface area contributed by atoms with Crippen LogP contribution in [-0.2, 0) is 4.43 Å². The van der Waals surface area contributed by atoms with Gasteiger partial charge in [-0.1, -0.05) is 41.6 Å². The molecule has 2 N–H and O–H groups in total. The summed E-state index contributed by atoms with van der Waals surface area (Å²) in [5.74, 6) is 0.526. The molecule has 0 bridgehead atoms. The van der Waals surface area contributed by atoms with E-state index in [2.05, 4.69) is 52.2 Å². The van der Waals surface area contributed by atoms with Crippen molar-refractivity contribution in [2.45, 2.75) is 49.6 Å². The van der Waals surface area contributed by atoms with Crippen molar-refractivity contribution in [3.05, 3.63) is 17.5 Å². The Kier molecular flexibility index (Phi) is 6.25. The third kappa shape index (κ3) is 3.68. The van der Waals surface area contributed by atoms with E-state index in [9.17, 15) is 4.79 Å². The van der Waals surface area contributed by atoms with Crippen LogP contribution in [0.2, 0.25) is 0 Å². The molecular formula is C13H22IN3O2. The summed E-state index contributed by atoms with van der Waals surface area (Å²) in [5.41, 5.74) is 0.251. The van der Waals surface area contributed by atoms with Crippen LogP contribution < -0.4 is 10.6 Å². The van der Waals surface area contributed by atoms with Gasteiger partial charge in [-0.05, 0) is 26.8 Å². The number of nitrogens with zero attached hydrogens (tertiary/aromatic N) is 1. The molecule has 5 nitrogen and oxygen atoms in total. The molecule has 0 spiro atoms. The maximum absolute atomic E-state index is 12.1. The lowest BCUT2D eigenvalue weighted by molar-refractivity contribution is 0.0897. The third-order valence-electron chi connectivity index (χ3n) is 3.86. The SMILES string of the molecule is CCC(CC)(NC)C(C)NC(=O)c1cc(CI)on1. The summed E-state index contributed by atoms with van der Waals surface area (Å²) in [6, 6.07) is 1.70. The van der Waals surface area contributed by atoms with Crippen LogP contribution >= 0.6 is 22.6 Å². The number of carbonyl (C=O) groups excluding carboxylic acids is 1. The van der Waals surface area contributed by atoms with Crippen molar-refractivity contribution in [1.82, 2.24) is 15.8 Å². The highest BCUT2D eigenvalue weighted by Crippen LogP contribution is 2.19. The summed E-state index contributed by atoms with van der Waals surface area (Å²) < 4.78 is 5.75. The quantitative estimate of drug-likeness (QED) is 0.565. The first-order chi connectivity index (χ1) is 9.02. The van der Waals surface area contributed by atoms with Gasteiger partial charge in [0.2, 0.25) is 0 Å². The van der Waals surface area contributed by atoms with Crippen LogP contribution in [0.4, 0.5) is 0 Å². The molecule has 1 heterocycles. The van der Waals surface area contributed by atoms with Crippen LogP contribution in [0.15, 0.2) is 10.6 Å². The van der Waals surface area contributed by atoms with Gasteiger partial charge in [0.1, 0.15) is 5.76 Å². The van der Waals surface area contributed by atoms with E-state index in [4.69, 9.17) is 4.52 Å². The second kappa shape index (κ2) is 7.23. The van der Waals surface area contributed by atoms with E-state index < -0.39 is 0 Å². The number of halogens is 1. The van der Waals surface area contributed by atoms with E-state index in [-0.39, 0.29) is 17.5 Å². The van der Waals surface area contributed by atoms with Gasteiger partial charge < -0.3 is 15.2 Å². The fourth-order valence-corrected chi connectivity index (χ4v) is 2.68. The van der Waals surface area contributed by atoms with E-state index in [1.807, 2.05) is 14.0 Å². The second-order valence-corrected chi connectivity index (χ2v) is 5.38. The number of alkyl halides is 1. The maximum Gasteiger partial charge on any atom is 0.273 e. The number of amides is 1. The first-order valence-electron chi connectivity index (χ1n) is 6.54. The molecule has 0 aliphatic carbocycles. The lowest BCUT2D eigenvalue weighted by Crippen LogP contribution is -2.57. The highest BCUT2D eigenvalue weighted by molar-refractivity contribution is 14.1. The Morgan fingerprint density at radius 1 is 1.53 bits per heavy atom. The maximum atomic E-state index is 12.1. The Morgan fingerprint density at radius 3 is 2.58 bits per heavy atom. The van der Waals surface area contributed by atoms with Crippen LogP contribution in [0, 0.1) is 0 Å². The highest BCUT2D eigenvalue weighted by atomic mass is 127. The van der Waals surface area contributed by atoms with Gasteiger partial charge >= 0.3 is 0 Å². The van der Waals surface area contributed by atoms with Gasteiger partial charge in [-0.3, -0.25) is 4.79 Å². The van der Waals surface area contributed by atoms with Gasteiger partial charge in [0.05, 0.1) is 4.43 Å². The fraction of sp³-hybridized carbons (Fsp3) is 0.692. The smallest absolute Gasteiger partial charge is 0.273 e. The van der Waals surface area contributed by atoms with Crippen LogP contribution in [0.25, 0.3) is 0 Å². The highest BCUT2D eigenvalue weighted by Gasteiger charge is 2.32. The van der Waals surface area contributed by atoms with E-state index in [1.54, 1.807) is 6.07 Å². The zero-order valence-corrected chi connectivity index (χ0v) is 14.1. The molecule has 1 atom stereocenters. The van der Waals surface area contributed by atoms with Gasteiger partial charge in [-0.25, -0.2) is 0 Å². The average Bonchev–Trinajstić information content (AvgIpc) is 2.90. The minimum Gasteiger partial charge on any atom is -0.360 e. The standard InChI is InChI=1S/C13H22IN3O2/c1-5-13(6-2,15-4)9(3)16-12(18)11-7-10(8-14)19-17-11/h7,9,15H,5-6,8H2,1-4H3,(H,16,18). The van der Waals surface area contributed by atoms with Gasteiger partial charge in [0.15, 0.2) is 5.69 Å². The molecule has 0 fully saturated rings. The first kappa shape index (κ1) is 16.4. The van der Waals surface area contributed by atoms with Crippen LogP contribution in [0.1, 0.15) is 49.9 Å². The zero-order chi connectivity index (χ0) is 14.5. The second-order valence-electron chi connectivity index (χ2n) is 4.62. The minimum atomic E-state index is -0.186. The molecule has 1 aromatic heterocycles. The number of likely N-dealkylation sites (N-methyl/N-ethyl adjacent to an activating group) is 1. The molecule has 0 aliphatic heterocycles. The molecule has 6 heteroatoms. The van der Waals surface area contributed by atoms with Crippen molar-refractivity contribution >= 4 is 28.5 Å². The van der Waals surface area contributed by atoms with Gasteiger partial charge in [0.25, 0.3) is 5.91 Å². The predicted octanol–water partition coefficient (Wildman–Crippen LogP) is 2.51. The summed E-state index contributed by atoms with van der Waals surface area (Å²) in [6.07, 6.45) is 1.89. The summed E-state index contributed by atoms with van der Waals surface area (Å²) in [7, 11) is 1.93. The summed E-state index contributed by atoms with van der Waals surface area (Å²) in [5, 5.41) is 10.1. The Bertz CT molecular complexity index is 408. The van der Waals surface area contributed by atoms with E-state index in [0.717, 1.165) is 12.8 Å². The molecule has 1 unspecified atom stereocenters. The largest absolute Gasteiger partial charge is 0.360 e. The Labute approximate surface area is 128 Å². The lowest BCUT2D eigenvalue weighted by Gasteiger charge is -2.37. The Balaban J connectivity index is 2.75. The summed E-state index contributed by atoms with van der Waals surface area (Å²) in [6.45, 7) is 6.25.